The Morgan fingerprint density at radius 3 is 2.62 bits per heavy atom. The number of hydrogen-bond acceptors (Lipinski definition) is 3. The number of anilines is 1. The number of aliphatic hydroxyl groups is 1. The highest BCUT2D eigenvalue weighted by atomic mass is 79.9. The van der Waals surface area contributed by atoms with Crippen LogP contribution in [-0.2, 0) is 0 Å². The normalized spacial score (nSPS) is 12.6. The Hall–Kier alpha value is -0.580. The number of hydrogen-bond donors (Lipinski definition) is 2. The summed E-state index contributed by atoms with van der Waals surface area (Å²) in [5.74, 6) is 0. The lowest BCUT2D eigenvalue weighted by Crippen LogP contribution is -2.26. The van der Waals surface area contributed by atoms with E-state index in [0.717, 1.165) is 22.3 Å². The first-order chi connectivity index (χ1) is 7.60. The minimum absolute atomic E-state index is 0.0401. The number of nitrogens with two attached hydrogens (primary N) is 1. The van der Waals surface area contributed by atoms with Gasteiger partial charge in [0.1, 0.15) is 0 Å². The van der Waals surface area contributed by atoms with Crippen molar-refractivity contribution in [2.45, 2.75) is 19.9 Å². The first-order valence-electron chi connectivity index (χ1n) is 5.51. The van der Waals surface area contributed by atoms with Crippen molar-refractivity contribution in [1.82, 2.24) is 0 Å². The molecule has 0 aliphatic carbocycles. The Balaban J connectivity index is 2.96. The topological polar surface area (TPSA) is 49.5 Å². The molecule has 16 heavy (non-hydrogen) atoms. The van der Waals surface area contributed by atoms with Crippen LogP contribution in [0.25, 0.3) is 0 Å². The second kappa shape index (κ2) is 6.23. The summed E-state index contributed by atoms with van der Waals surface area (Å²) >= 11 is 3.55. The number of nitrogens with zero attached hydrogens (tertiary/aromatic N) is 1. The zero-order valence-corrected chi connectivity index (χ0v) is 11.4. The molecule has 3 N–H and O–H groups in total. The lowest BCUT2D eigenvalue weighted by Gasteiger charge is -2.24. The summed E-state index contributed by atoms with van der Waals surface area (Å²) in [6, 6.07) is 6.16. The number of aliphatic hydroxyl groups excluding tert-OH is 1. The van der Waals surface area contributed by atoms with E-state index in [-0.39, 0.29) is 12.6 Å². The van der Waals surface area contributed by atoms with Gasteiger partial charge in [0, 0.05) is 23.6 Å². The molecular formula is C12H19BrN2O. The summed E-state index contributed by atoms with van der Waals surface area (Å²) in [6.45, 7) is 5.72. The Bertz CT molecular complexity index is 342. The fourth-order valence-electron chi connectivity index (χ4n) is 1.63. The molecular weight excluding hydrogens is 268 g/mol. The van der Waals surface area contributed by atoms with Gasteiger partial charge in [-0.25, -0.2) is 0 Å². The maximum absolute atomic E-state index is 8.99. The van der Waals surface area contributed by atoms with Crippen molar-refractivity contribution in [3.05, 3.63) is 28.2 Å². The molecule has 1 atom stereocenters. The number of benzene rings is 1. The van der Waals surface area contributed by atoms with Gasteiger partial charge >= 0.3 is 0 Å². The number of rotatable bonds is 5. The van der Waals surface area contributed by atoms with Crippen molar-refractivity contribution in [2.75, 3.05) is 24.6 Å². The van der Waals surface area contributed by atoms with Gasteiger partial charge < -0.3 is 15.7 Å². The van der Waals surface area contributed by atoms with E-state index in [2.05, 4.69) is 27.8 Å². The van der Waals surface area contributed by atoms with Gasteiger partial charge in [-0.2, -0.15) is 0 Å². The van der Waals surface area contributed by atoms with Crippen LogP contribution in [0.15, 0.2) is 22.7 Å². The van der Waals surface area contributed by atoms with Gasteiger partial charge in [-0.15, -0.1) is 0 Å². The van der Waals surface area contributed by atoms with Crippen LogP contribution < -0.4 is 10.6 Å². The van der Waals surface area contributed by atoms with E-state index in [4.69, 9.17) is 10.8 Å². The second-order valence-electron chi connectivity index (χ2n) is 3.80. The highest BCUT2D eigenvalue weighted by molar-refractivity contribution is 9.10. The number of halogens is 1. The van der Waals surface area contributed by atoms with Crippen LogP contribution in [0.2, 0.25) is 0 Å². The van der Waals surface area contributed by atoms with Crippen LogP contribution in [0, 0.1) is 0 Å². The van der Waals surface area contributed by atoms with Crippen molar-refractivity contribution in [2.24, 2.45) is 5.73 Å². The SMILES string of the molecule is CCN(CCO)c1ccc([C@H](C)N)cc1Br. The molecule has 0 aromatic heterocycles. The fourth-order valence-corrected chi connectivity index (χ4v) is 2.28. The summed E-state index contributed by atoms with van der Waals surface area (Å²) in [4.78, 5) is 2.12. The Morgan fingerprint density at radius 1 is 1.50 bits per heavy atom. The third kappa shape index (κ3) is 3.20. The quantitative estimate of drug-likeness (QED) is 0.873. The van der Waals surface area contributed by atoms with Crippen molar-refractivity contribution >= 4 is 21.6 Å². The standard InChI is InChI=1S/C12H19BrN2O/c1-3-15(6-7-16)12-5-4-10(9(2)14)8-11(12)13/h4-5,8-9,16H,3,6-7,14H2,1-2H3/t9-/m0/s1. The second-order valence-corrected chi connectivity index (χ2v) is 4.66. The zero-order chi connectivity index (χ0) is 12.1. The summed E-state index contributed by atoms with van der Waals surface area (Å²) in [6.07, 6.45) is 0. The van der Waals surface area contributed by atoms with Gasteiger partial charge in [0.15, 0.2) is 0 Å². The molecule has 0 spiro atoms. The monoisotopic (exact) mass is 286 g/mol. The first-order valence-corrected chi connectivity index (χ1v) is 6.30. The highest BCUT2D eigenvalue weighted by Gasteiger charge is 2.09. The van der Waals surface area contributed by atoms with Crippen LogP contribution in [0.5, 0.6) is 0 Å². The minimum Gasteiger partial charge on any atom is -0.395 e. The smallest absolute Gasteiger partial charge is 0.0606 e. The average Bonchev–Trinajstić information content (AvgIpc) is 2.26. The molecule has 0 saturated carbocycles. The molecule has 0 amide bonds. The molecule has 1 rings (SSSR count). The highest BCUT2D eigenvalue weighted by Crippen LogP contribution is 2.28. The van der Waals surface area contributed by atoms with Crippen molar-refractivity contribution < 1.29 is 5.11 Å². The van der Waals surface area contributed by atoms with E-state index in [9.17, 15) is 0 Å². The van der Waals surface area contributed by atoms with E-state index in [1.165, 1.54) is 0 Å². The predicted molar refractivity (Wildman–Crippen MR) is 71.7 cm³/mol. The van der Waals surface area contributed by atoms with E-state index in [1.54, 1.807) is 0 Å². The molecule has 0 aliphatic heterocycles. The molecule has 0 aliphatic rings. The lowest BCUT2D eigenvalue weighted by molar-refractivity contribution is 0.302. The Morgan fingerprint density at radius 2 is 2.19 bits per heavy atom. The molecule has 4 heteroatoms. The lowest BCUT2D eigenvalue weighted by atomic mass is 10.1. The fraction of sp³-hybridized carbons (Fsp3) is 0.500. The van der Waals surface area contributed by atoms with E-state index in [0.29, 0.717) is 6.54 Å². The van der Waals surface area contributed by atoms with Crippen LogP contribution >= 0.6 is 15.9 Å². The number of likely N-dealkylation sites (N-methyl/N-ethyl adjacent to an activating group) is 1. The minimum atomic E-state index is 0.0401. The average molecular weight is 287 g/mol. The summed E-state index contributed by atoms with van der Waals surface area (Å²) in [5.41, 5.74) is 8.03. The van der Waals surface area contributed by atoms with Gasteiger partial charge in [-0.1, -0.05) is 6.07 Å². The predicted octanol–water partition coefficient (Wildman–Crippen LogP) is 2.29. The molecule has 0 radical (unpaired) electrons. The maximum Gasteiger partial charge on any atom is 0.0606 e. The largest absolute Gasteiger partial charge is 0.395 e. The van der Waals surface area contributed by atoms with Crippen LogP contribution in [0.4, 0.5) is 5.69 Å². The maximum atomic E-state index is 8.99. The van der Waals surface area contributed by atoms with Gasteiger partial charge in [0.25, 0.3) is 0 Å². The van der Waals surface area contributed by atoms with Crippen molar-refractivity contribution in [3.8, 4) is 0 Å². The zero-order valence-electron chi connectivity index (χ0n) is 9.78. The Labute approximate surface area is 105 Å². The molecule has 1 aromatic rings. The molecule has 0 saturated heterocycles. The molecule has 0 heterocycles. The summed E-state index contributed by atoms with van der Waals surface area (Å²) < 4.78 is 1.03. The molecule has 90 valence electrons. The summed E-state index contributed by atoms with van der Waals surface area (Å²) in [5, 5.41) is 8.99. The van der Waals surface area contributed by atoms with Crippen molar-refractivity contribution in [3.63, 3.8) is 0 Å². The third-order valence-corrected chi connectivity index (χ3v) is 3.23. The van der Waals surface area contributed by atoms with Crippen molar-refractivity contribution in [1.29, 1.82) is 0 Å². The van der Waals surface area contributed by atoms with E-state index >= 15 is 0 Å². The van der Waals surface area contributed by atoms with E-state index < -0.39 is 0 Å². The van der Waals surface area contributed by atoms with E-state index in [1.807, 2.05) is 25.1 Å². The van der Waals surface area contributed by atoms with Crippen LogP contribution in [-0.4, -0.2) is 24.8 Å². The van der Waals surface area contributed by atoms with Gasteiger partial charge in [0.05, 0.1) is 12.3 Å². The van der Waals surface area contributed by atoms with Gasteiger partial charge in [-0.3, -0.25) is 0 Å². The first kappa shape index (κ1) is 13.5. The van der Waals surface area contributed by atoms with Gasteiger partial charge in [0.2, 0.25) is 0 Å². The summed E-state index contributed by atoms with van der Waals surface area (Å²) in [7, 11) is 0. The van der Waals surface area contributed by atoms with Crippen LogP contribution in [0.1, 0.15) is 25.5 Å². The molecule has 1 aromatic carbocycles. The Kier molecular flexibility index (Phi) is 5.25. The molecule has 0 unspecified atom stereocenters. The van der Waals surface area contributed by atoms with Crippen LogP contribution in [0.3, 0.4) is 0 Å². The molecule has 0 bridgehead atoms. The molecule has 3 nitrogen and oxygen atoms in total. The third-order valence-electron chi connectivity index (χ3n) is 2.59. The molecule has 0 fully saturated rings. The van der Waals surface area contributed by atoms with Gasteiger partial charge in [-0.05, 0) is 47.5 Å².